The first-order valence-corrected chi connectivity index (χ1v) is 5.48. The van der Waals surface area contributed by atoms with E-state index in [1.165, 1.54) is 7.05 Å². The van der Waals surface area contributed by atoms with Gasteiger partial charge in [0.2, 0.25) is 0 Å². The van der Waals surface area contributed by atoms with Crippen molar-refractivity contribution in [1.82, 2.24) is 10.2 Å². The van der Waals surface area contributed by atoms with E-state index in [1.807, 2.05) is 11.2 Å². The summed E-state index contributed by atoms with van der Waals surface area (Å²) in [6.45, 7) is 0.487. The Labute approximate surface area is 109 Å². The average Bonchev–Trinajstić information content (AvgIpc) is 2.59. The molecular formula is C11H16FN3O4. The van der Waals surface area contributed by atoms with Gasteiger partial charge in [-0.15, -0.1) is 6.42 Å². The standard InChI is InChI=1S/C11H16FN3O4/c1-4-7(13)14-10(18)15(3)9-11(2,12)8(17)6(5-16)19-9/h1,6,8-9,16-17H,5H2,2-3H3,(H2,13,14,18)/t6-,8?,9-,11?/m1/s1. The Hall–Kier alpha value is -1.69. The number of urea groups is 1. The molecule has 0 aromatic carbocycles. The van der Waals surface area contributed by atoms with Crippen molar-refractivity contribution in [3.05, 3.63) is 0 Å². The molecular weight excluding hydrogens is 257 g/mol. The van der Waals surface area contributed by atoms with E-state index in [4.69, 9.17) is 21.7 Å². The molecule has 2 amide bonds. The number of amidine groups is 1. The molecule has 0 saturated carbocycles. The second-order valence-electron chi connectivity index (χ2n) is 4.37. The van der Waals surface area contributed by atoms with Crippen molar-refractivity contribution in [2.45, 2.75) is 31.0 Å². The van der Waals surface area contributed by atoms with Gasteiger partial charge in [-0.25, -0.2) is 9.18 Å². The average molecular weight is 273 g/mol. The van der Waals surface area contributed by atoms with Gasteiger partial charge in [0, 0.05) is 7.05 Å². The summed E-state index contributed by atoms with van der Waals surface area (Å²) in [6, 6.07) is -0.845. The van der Waals surface area contributed by atoms with E-state index in [2.05, 4.69) is 0 Å². The second kappa shape index (κ2) is 5.52. The number of rotatable bonds is 2. The molecule has 4 N–H and O–H groups in total. The van der Waals surface area contributed by atoms with Crippen LogP contribution in [0.5, 0.6) is 0 Å². The lowest BCUT2D eigenvalue weighted by Crippen LogP contribution is -2.53. The lowest BCUT2D eigenvalue weighted by Gasteiger charge is -2.31. The summed E-state index contributed by atoms with van der Waals surface area (Å²) in [5, 5.41) is 27.8. The molecule has 0 bridgehead atoms. The molecule has 2 unspecified atom stereocenters. The zero-order valence-electron chi connectivity index (χ0n) is 10.6. The van der Waals surface area contributed by atoms with Crippen LogP contribution in [-0.2, 0) is 4.74 Å². The third-order valence-electron chi connectivity index (χ3n) is 2.95. The first-order valence-electron chi connectivity index (χ1n) is 5.48. The van der Waals surface area contributed by atoms with Crippen molar-refractivity contribution >= 4 is 11.9 Å². The molecule has 8 heteroatoms. The fourth-order valence-electron chi connectivity index (χ4n) is 1.83. The zero-order chi connectivity index (χ0) is 14.8. The van der Waals surface area contributed by atoms with Gasteiger partial charge in [0.05, 0.1) is 6.61 Å². The molecule has 0 aromatic heterocycles. The zero-order valence-corrected chi connectivity index (χ0v) is 10.6. The van der Waals surface area contributed by atoms with E-state index >= 15 is 0 Å². The molecule has 1 heterocycles. The molecule has 106 valence electrons. The van der Waals surface area contributed by atoms with Crippen LogP contribution in [0.15, 0.2) is 0 Å². The molecule has 0 radical (unpaired) electrons. The normalized spacial score (nSPS) is 33.6. The van der Waals surface area contributed by atoms with Gasteiger partial charge in [0.1, 0.15) is 12.2 Å². The van der Waals surface area contributed by atoms with Crippen molar-refractivity contribution in [2.24, 2.45) is 0 Å². The number of amides is 2. The number of hydrogen-bond donors (Lipinski definition) is 4. The number of nitrogens with zero attached hydrogens (tertiary/aromatic N) is 1. The number of ether oxygens (including phenoxy) is 1. The first kappa shape index (κ1) is 15.4. The fraction of sp³-hybridized carbons (Fsp3) is 0.636. The van der Waals surface area contributed by atoms with E-state index < -0.39 is 42.6 Å². The third-order valence-corrected chi connectivity index (χ3v) is 2.95. The Morgan fingerprint density at radius 1 is 1.74 bits per heavy atom. The Kier molecular flexibility index (Phi) is 4.47. The van der Waals surface area contributed by atoms with Crippen LogP contribution in [0.3, 0.4) is 0 Å². The molecule has 4 atom stereocenters. The predicted octanol–water partition coefficient (Wildman–Crippen LogP) is -0.955. The predicted molar refractivity (Wildman–Crippen MR) is 64.1 cm³/mol. The monoisotopic (exact) mass is 273 g/mol. The molecule has 7 nitrogen and oxygen atoms in total. The number of hydrogen-bond acceptors (Lipinski definition) is 5. The smallest absolute Gasteiger partial charge is 0.325 e. The van der Waals surface area contributed by atoms with E-state index in [-0.39, 0.29) is 0 Å². The third kappa shape index (κ3) is 2.84. The fourth-order valence-corrected chi connectivity index (χ4v) is 1.83. The summed E-state index contributed by atoms with van der Waals surface area (Å²) in [6.07, 6.45) is 0.821. The first-order chi connectivity index (χ1) is 8.75. The van der Waals surface area contributed by atoms with Crippen molar-refractivity contribution in [2.75, 3.05) is 13.7 Å². The molecule has 0 aliphatic carbocycles. The number of alkyl halides is 1. The number of carbonyl (C=O) groups is 1. The van der Waals surface area contributed by atoms with E-state index in [9.17, 15) is 14.3 Å². The van der Waals surface area contributed by atoms with Crippen LogP contribution >= 0.6 is 0 Å². The molecule has 1 saturated heterocycles. The number of terminal acetylenes is 1. The molecule has 1 aliphatic rings. The topological polar surface area (TPSA) is 106 Å². The summed E-state index contributed by atoms with van der Waals surface area (Å²) in [7, 11) is 1.23. The number of nitrogens with one attached hydrogen (secondary N) is 2. The van der Waals surface area contributed by atoms with Crippen LogP contribution in [0.2, 0.25) is 0 Å². The van der Waals surface area contributed by atoms with Crippen LogP contribution in [0, 0.1) is 17.8 Å². The van der Waals surface area contributed by atoms with Crippen molar-refractivity contribution in [3.63, 3.8) is 0 Å². The van der Waals surface area contributed by atoms with Crippen molar-refractivity contribution in [1.29, 1.82) is 5.41 Å². The van der Waals surface area contributed by atoms with Gasteiger partial charge in [0.15, 0.2) is 17.7 Å². The quantitative estimate of drug-likeness (QED) is 0.295. The van der Waals surface area contributed by atoms with Gasteiger partial charge in [-0.05, 0) is 12.8 Å². The van der Waals surface area contributed by atoms with Gasteiger partial charge in [-0.1, -0.05) is 0 Å². The highest BCUT2D eigenvalue weighted by Gasteiger charge is 2.56. The van der Waals surface area contributed by atoms with E-state index in [0.29, 0.717) is 0 Å². The maximum Gasteiger partial charge on any atom is 0.325 e. The summed E-state index contributed by atoms with van der Waals surface area (Å²) < 4.78 is 19.4. The van der Waals surface area contributed by atoms with E-state index in [1.54, 1.807) is 0 Å². The number of aliphatic hydroxyl groups is 2. The van der Waals surface area contributed by atoms with Gasteiger partial charge in [0.25, 0.3) is 0 Å². The maximum atomic E-state index is 14.3. The highest BCUT2D eigenvalue weighted by atomic mass is 19.1. The number of halogens is 1. The van der Waals surface area contributed by atoms with Gasteiger partial charge >= 0.3 is 6.03 Å². The molecule has 0 spiro atoms. The molecule has 1 rings (SSSR count). The van der Waals surface area contributed by atoms with Crippen LogP contribution in [0.25, 0.3) is 0 Å². The Balaban J connectivity index is 2.82. The Bertz CT molecular complexity index is 421. The molecule has 0 aromatic rings. The molecule has 19 heavy (non-hydrogen) atoms. The Morgan fingerprint density at radius 3 is 2.74 bits per heavy atom. The second-order valence-corrected chi connectivity index (χ2v) is 4.37. The highest BCUT2D eigenvalue weighted by Crippen LogP contribution is 2.35. The lowest BCUT2D eigenvalue weighted by molar-refractivity contribution is -0.0782. The minimum atomic E-state index is -2.25. The van der Waals surface area contributed by atoms with Gasteiger partial charge < -0.3 is 14.9 Å². The largest absolute Gasteiger partial charge is 0.394 e. The van der Waals surface area contributed by atoms with Crippen molar-refractivity contribution in [3.8, 4) is 12.3 Å². The molecule has 1 fully saturated rings. The lowest BCUT2D eigenvalue weighted by atomic mass is 9.98. The van der Waals surface area contributed by atoms with E-state index in [0.717, 1.165) is 11.8 Å². The minimum Gasteiger partial charge on any atom is -0.394 e. The number of aliphatic hydroxyl groups excluding tert-OH is 2. The Morgan fingerprint density at radius 2 is 2.32 bits per heavy atom. The SMILES string of the molecule is C#CC(=N)NC(=O)N(C)[C@@H]1O[C@H](CO)C(O)C1(C)F. The summed E-state index contributed by atoms with van der Waals surface area (Å²) in [5.41, 5.74) is -2.25. The summed E-state index contributed by atoms with van der Waals surface area (Å²) in [5.74, 6) is 1.41. The maximum absolute atomic E-state index is 14.3. The number of carbonyl (C=O) groups excluding carboxylic acids is 1. The van der Waals surface area contributed by atoms with Crippen LogP contribution in [-0.4, -0.2) is 64.7 Å². The summed E-state index contributed by atoms with van der Waals surface area (Å²) in [4.78, 5) is 12.5. The van der Waals surface area contributed by atoms with Crippen LogP contribution in [0.1, 0.15) is 6.92 Å². The van der Waals surface area contributed by atoms with Crippen LogP contribution < -0.4 is 5.32 Å². The molecule has 1 aliphatic heterocycles. The van der Waals surface area contributed by atoms with Crippen molar-refractivity contribution < 1.29 is 24.1 Å². The van der Waals surface area contributed by atoms with Gasteiger partial charge in [-0.2, -0.15) is 0 Å². The highest BCUT2D eigenvalue weighted by molar-refractivity contribution is 6.05. The minimum absolute atomic E-state index is 0.477. The van der Waals surface area contributed by atoms with Gasteiger partial charge in [-0.3, -0.25) is 15.6 Å². The van der Waals surface area contributed by atoms with Crippen LogP contribution in [0.4, 0.5) is 9.18 Å². The summed E-state index contributed by atoms with van der Waals surface area (Å²) >= 11 is 0.